The number of fused-ring (bicyclic) bond motifs is 1. The number of alkyl halides is 1. The Morgan fingerprint density at radius 1 is 1.13 bits per heavy atom. The standard InChI is InChI=1S/C34H37F2N5O4/c1-20(28-16-26(45-27-12-13-37-17-27)9-6-22(28)5-4-21-2-3-21)39-34(44)31-15-25(36)19-41(31)32(42)18-38-33(43)30-10-7-23-14-24(35)8-11-29(23)40-30/h4-11,14,16,20-21,25,27,31,37H,2-3,12-13,15,17-19H2,1H3,(H,38,43)(H,39,44)/b5-4+/t20-,25+,27-,31-/m0/s1. The molecule has 0 unspecified atom stereocenters. The van der Waals surface area contributed by atoms with Gasteiger partial charge in [0.05, 0.1) is 24.6 Å². The number of hydrogen-bond acceptors (Lipinski definition) is 6. The van der Waals surface area contributed by atoms with Crippen molar-refractivity contribution >= 4 is 34.7 Å². The molecule has 3 heterocycles. The molecule has 1 saturated carbocycles. The van der Waals surface area contributed by atoms with Gasteiger partial charge in [0.2, 0.25) is 11.8 Å². The molecule has 3 fully saturated rings. The Hall–Kier alpha value is -4.38. The van der Waals surface area contributed by atoms with Crippen molar-refractivity contribution in [2.45, 2.75) is 57.0 Å². The second-order valence-electron chi connectivity index (χ2n) is 12.1. The van der Waals surface area contributed by atoms with E-state index in [1.807, 2.05) is 25.1 Å². The van der Waals surface area contributed by atoms with Crippen molar-refractivity contribution in [2.24, 2.45) is 5.92 Å². The third-order valence-electron chi connectivity index (χ3n) is 8.53. The maximum Gasteiger partial charge on any atom is 0.270 e. The summed E-state index contributed by atoms with van der Waals surface area (Å²) in [7, 11) is 0. The number of benzene rings is 2. The van der Waals surface area contributed by atoms with Crippen LogP contribution < -0.4 is 20.7 Å². The lowest BCUT2D eigenvalue weighted by Gasteiger charge is -2.26. The van der Waals surface area contributed by atoms with E-state index in [0.717, 1.165) is 30.6 Å². The Labute approximate surface area is 260 Å². The normalized spacial score (nSPS) is 22.1. The summed E-state index contributed by atoms with van der Waals surface area (Å²) >= 11 is 0. The van der Waals surface area contributed by atoms with E-state index in [1.54, 1.807) is 6.07 Å². The van der Waals surface area contributed by atoms with E-state index in [-0.39, 0.29) is 24.8 Å². The molecule has 3 amide bonds. The number of pyridine rings is 1. The van der Waals surface area contributed by atoms with E-state index in [0.29, 0.717) is 22.6 Å². The highest BCUT2D eigenvalue weighted by Gasteiger charge is 2.40. The predicted molar refractivity (Wildman–Crippen MR) is 166 cm³/mol. The van der Waals surface area contributed by atoms with Crippen molar-refractivity contribution in [3.63, 3.8) is 0 Å². The molecular formula is C34H37F2N5O4. The van der Waals surface area contributed by atoms with Crippen molar-refractivity contribution in [1.29, 1.82) is 0 Å². The summed E-state index contributed by atoms with van der Waals surface area (Å²) in [6.07, 6.45) is 6.10. The molecule has 11 heteroatoms. The molecule has 2 saturated heterocycles. The van der Waals surface area contributed by atoms with Gasteiger partial charge in [-0.15, -0.1) is 0 Å². The van der Waals surface area contributed by atoms with Crippen molar-refractivity contribution in [3.8, 4) is 5.75 Å². The second-order valence-corrected chi connectivity index (χ2v) is 12.1. The molecular weight excluding hydrogens is 580 g/mol. The number of aromatic nitrogens is 1. The van der Waals surface area contributed by atoms with Crippen LogP contribution in [0.15, 0.2) is 54.6 Å². The van der Waals surface area contributed by atoms with Crippen LogP contribution in [0.3, 0.4) is 0 Å². The Morgan fingerprint density at radius 2 is 1.98 bits per heavy atom. The highest BCUT2D eigenvalue weighted by molar-refractivity contribution is 5.97. The molecule has 1 aliphatic carbocycles. The average Bonchev–Trinajstić information content (AvgIpc) is 3.56. The fourth-order valence-electron chi connectivity index (χ4n) is 5.87. The first-order valence-corrected chi connectivity index (χ1v) is 15.5. The molecule has 0 radical (unpaired) electrons. The maximum atomic E-state index is 14.6. The molecule has 4 atom stereocenters. The zero-order valence-corrected chi connectivity index (χ0v) is 25.1. The van der Waals surface area contributed by atoms with E-state index in [4.69, 9.17) is 4.74 Å². The SMILES string of the molecule is C[C@H](NC(=O)[C@@H]1C[C@@H](F)CN1C(=O)CNC(=O)c1ccc2cc(F)ccc2n1)c1cc(O[C@H]2CCNC2)ccc1/C=C/C1CC1. The van der Waals surface area contributed by atoms with E-state index < -0.39 is 48.3 Å². The lowest BCUT2D eigenvalue weighted by atomic mass is 9.99. The minimum absolute atomic E-state index is 0.0526. The average molecular weight is 618 g/mol. The second kappa shape index (κ2) is 13.3. The van der Waals surface area contributed by atoms with Crippen molar-refractivity contribution in [1.82, 2.24) is 25.8 Å². The van der Waals surface area contributed by atoms with Crippen molar-refractivity contribution < 1.29 is 27.9 Å². The summed E-state index contributed by atoms with van der Waals surface area (Å²) in [5, 5.41) is 9.34. The summed E-state index contributed by atoms with van der Waals surface area (Å²) in [6.45, 7) is 2.88. The minimum Gasteiger partial charge on any atom is -0.489 e. The Bertz CT molecular complexity index is 1620. The molecule has 3 aliphatic rings. The number of allylic oxidation sites excluding steroid dienone is 1. The molecule has 3 aromatic rings. The van der Waals surface area contributed by atoms with Gasteiger partial charge in [-0.2, -0.15) is 0 Å². The van der Waals surface area contributed by atoms with Crippen LogP contribution in [0, 0.1) is 11.7 Å². The van der Waals surface area contributed by atoms with Crippen LogP contribution in [0.25, 0.3) is 17.0 Å². The maximum absolute atomic E-state index is 14.6. The van der Waals surface area contributed by atoms with Gasteiger partial charge in [0.1, 0.15) is 35.6 Å². The molecule has 2 aliphatic heterocycles. The van der Waals surface area contributed by atoms with Gasteiger partial charge < -0.3 is 25.6 Å². The molecule has 0 spiro atoms. The van der Waals surface area contributed by atoms with E-state index in [2.05, 4.69) is 33.1 Å². The van der Waals surface area contributed by atoms with Crippen molar-refractivity contribution in [3.05, 3.63) is 77.2 Å². The number of hydrogen-bond donors (Lipinski definition) is 3. The zero-order chi connectivity index (χ0) is 31.5. The van der Waals surface area contributed by atoms with Crippen LogP contribution in [0.4, 0.5) is 8.78 Å². The van der Waals surface area contributed by atoms with Crippen LogP contribution in [-0.4, -0.2) is 72.1 Å². The van der Waals surface area contributed by atoms with Crippen LogP contribution >= 0.6 is 0 Å². The number of nitrogens with zero attached hydrogens (tertiary/aromatic N) is 2. The Kier molecular flexibility index (Phi) is 9.07. The zero-order valence-electron chi connectivity index (χ0n) is 25.1. The highest BCUT2D eigenvalue weighted by Crippen LogP contribution is 2.33. The molecule has 236 valence electrons. The van der Waals surface area contributed by atoms with E-state index >= 15 is 0 Å². The monoisotopic (exact) mass is 617 g/mol. The topological polar surface area (TPSA) is 113 Å². The van der Waals surface area contributed by atoms with E-state index in [1.165, 1.54) is 42.0 Å². The van der Waals surface area contributed by atoms with Gasteiger partial charge in [-0.1, -0.05) is 24.3 Å². The predicted octanol–water partition coefficient (Wildman–Crippen LogP) is 4.08. The lowest BCUT2D eigenvalue weighted by Crippen LogP contribution is -2.49. The largest absolute Gasteiger partial charge is 0.489 e. The third kappa shape index (κ3) is 7.47. The van der Waals surface area contributed by atoms with Crippen molar-refractivity contribution in [2.75, 3.05) is 26.2 Å². The summed E-state index contributed by atoms with van der Waals surface area (Å²) < 4.78 is 34.3. The fourth-order valence-corrected chi connectivity index (χ4v) is 5.87. The molecule has 6 rings (SSSR count). The smallest absolute Gasteiger partial charge is 0.270 e. The van der Waals surface area contributed by atoms with Gasteiger partial charge >= 0.3 is 0 Å². The first-order chi connectivity index (χ1) is 21.7. The van der Waals surface area contributed by atoms with Crippen LogP contribution in [-0.2, 0) is 9.59 Å². The van der Waals surface area contributed by atoms with Gasteiger partial charge in [-0.3, -0.25) is 14.4 Å². The third-order valence-corrected chi connectivity index (χ3v) is 8.53. The molecule has 3 N–H and O–H groups in total. The van der Waals surface area contributed by atoms with Gasteiger partial charge in [-0.25, -0.2) is 13.8 Å². The van der Waals surface area contributed by atoms with Gasteiger partial charge in [0, 0.05) is 18.4 Å². The highest BCUT2D eigenvalue weighted by atomic mass is 19.1. The summed E-state index contributed by atoms with van der Waals surface area (Å²) in [5.74, 6) is -0.773. The summed E-state index contributed by atoms with van der Waals surface area (Å²) in [6, 6.07) is 11.4. The van der Waals surface area contributed by atoms with Gasteiger partial charge in [0.25, 0.3) is 5.91 Å². The van der Waals surface area contributed by atoms with E-state index in [9.17, 15) is 23.2 Å². The number of likely N-dealkylation sites (tertiary alicyclic amines) is 1. The molecule has 45 heavy (non-hydrogen) atoms. The van der Waals surface area contributed by atoms with Crippen LogP contribution in [0.2, 0.25) is 0 Å². The molecule has 1 aromatic heterocycles. The first kappa shape index (κ1) is 30.6. The van der Waals surface area contributed by atoms with Gasteiger partial charge in [-0.05, 0) is 86.2 Å². The number of carbonyl (C=O) groups is 3. The van der Waals surface area contributed by atoms with Gasteiger partial charge in [0.15, 0.2) is 0 Å². The number of carbonyl (C=O) groups excluding carboxylic acids is 3. The Balaban J connectivity index is 1.11. The summed E-state index contributed by atoms with van der Waals surface area (Å²) in [5.41, 5.74) is 2.32. The minimum atomic E-state index is -1.37. The molecule has 2 aromatic carbocycles. The number of nitrogens with one attached hydrogen (secondary N) is 3. The van der Waals surface area contributed by atoms with Crippen LogP contribution in [0.5, 0.6) is 5.75 Å². The number of amides is 3. The first-order valence-electron chi connectivity index (χ1n) is 15.5. The van der Waals surface area contributed by atoms with Crippen LogP contribution in [0.1, 0.15) is 60.3 Å². The number of ether oxygens (including phenoxy) is 1. The number of rotatable bonds is 10. The summed E-state index contributed by atoms with van der Waals surface area (Å²) in [4.78, 5) is 44.8. The lowest BCUT2D eigenvalue weighted by molar-refractivity contribution is -0.138. The Morgan fingerprint density at radius 3 is 2.76 bits per heavy atom. The molecule has 0 bridgehead atoms. The fraction of sp³-hybridized carbons (Fsp3) is 0.412. The quantitative estimate of drug-likeness (QED) is 0.316. The molecule has 9 nitrogen and oxygen atoms in total. The number of halogens is 2.